The zero-order valence-electron chi connectivity index (χ0n) is 11.2. The molecule has 0 bridgehead atoms. The molecule has 0 aliphatic carbocycles. The van der Waals surface area contributed by atoms with Crippen LogP contribution in [0.15, 0.2) is 41.3 Å². The lowest BCUT2D eigenvalue weighted by molar-refractivity contribution is -0.385. The van der Waals surface area contributed by atoms with Gasteiger partial charge in [-0.05, 0) is 25.1 Å². The summed E-state index contributed by atoms with van der Waals surface area (Å²) < 4.78 is 26.9. The Kier molecular flexibility index (Phi) is 4.60. The third-order valence-corrected chi connectivity index (χ3v) is 4.86. The molecule has 2 aromatic carbocycles. The van der Waals surface area contributed by atoms with Gasteiger partial charge in [0.05, 0.1) is 25.6 Å². The summed E-state index contributed by atoms with van der Waals surface area (Å²) in [5, 5.41) is 11.2. The molecular weight excluding hydrogens is 351 g/mol. The summed E-state index contributed by atoms with van der Waals surface area (Å²) in [5.41, 5.74) is 0.0990. The third-order valence-electron chi connectivity index (χ3n) is 2.89. The topological polar surface area (TPSA) is 89.3 Å². The van der Waals surface area contributed by atoms with Crippen LogP contribution in [0, 0.1) is 17.0 Å². The Morgan fingerprint density at radius 2 is 1.73 bits per heavy atom. The van der Waals surface area contributed by atoms with Gasteiger partial charge < -0.3 is 0 Å². The van der Waals surface area contributed by atoms with Gasteiger partial charge in [0.2, 0.25) is 0 Å². The maximum Gasteiger partial charge on any atom is 0.273 e. The molecule has 0 aromatic heterocycles. The number of para-hydroxylation sites is 1. The lowest BCUT2D eigenvalue weighted by Gasteiger charge is -2.11. The van der Waals surface area contributed by atoms with Crippen LogP contribution in [-0.4, -0.2) is 13.3 Å². The molecule has 0 saturated carbocycles. The van der Waals surface area contributed by atoms with E-state index >= 15 is 0 Å². The Morgan fingerprint density at radius 3 is 2.27 bits per heavy atom. The van der Waals surface area contributed by atoms with Crippen molar-refractivity contribution < 1.29 is 13.3 Å². The molecule has 22 heavy (non-hydrogen) atoms. The maximum absolute atomic E-state index is 12.3. The highest BCUT2D eigenvalue weighted by molar-refractivity contribution is 7.92. The zero-order chi connectivity index (χ0) is 16.5. The fourth-order valence-corrected chi connectivity index (χ4v) is 3.47. The molecule has 0 amide bonds. The Balaban J connectivity index is 2.48. The molecule has 0 heterocycles. The highest BCUT2D eigenvalue weighted by Gasteiger charge is 2.21. The van der Waals surface area contributed by atoms with Gasteiger partial charge in [0, 0.05) is 11.6 Å². The number of rotatable bonds is 4. The summed E-state index contributed by atoms with van der Waals surface area (Å²) in [5.74, 6) is 0. The average molecular weight is 361 g/mol. The van der Waals surface area contributed by atoms with Gasteiger partial charge in [-0.2, -0.15) is 0 Å². The van der Waals surface area contributed by atoms with Crippen molar-refractivity contribution in [3.05, 3.63) is 62.1 Å². The van der Waals surface area contributed by atoms with E-state index in [2.05, 4.69) is 4.72 Å². The number of benzene rings is 2. The van der Waals surface area contributed by atoms with E-state index in [1.165, 1.54) is 31.2 Å². The summed E-state index contributed by atoms with van der Waals surface area (Å²) in [6.45, 7) is 1.52. The third kappa shape index (κ3) is 3.32. The van der Waals surface area contributed by atoms with Crippen LogP contribution in [0.25, 0.3) is 0 Å². The largest absolute Gasteiger partial charge is 0.277 e. The van der Waals surface area contributed by atoms with Crippen LogP contribution in [0.1, 0.15) is 5.56 Å². The minimum Gasteiger partial charge on any atom is -0.277 e. The van der Waals surface area contributed by atoms with E-state index in [1.54, 1.807) is 6.07 Å². The summed E-state index contributed by atoms with van der Waals surface area (Å²) in [6, 6.07) is 8.14. The molecular formula is C13H10Cl2N2O4S. The van der Waals surface area contributed by atoms with E-state index in [-0.39, 0.29) is 26.3 Å². The fraction of sp³-hybridized carbons (Fsp3) is 0.0769. The van der Waals surface area contributed by atoms with E-state index in [0.717, 1.165) is 6.07 Å². The van der Waals surface area contributed by atoms with Crippen molar-refractivity contribution in [3.8, 4) is 0 Å². The molecule has 2 aromatic rings. The van der Waals surface area contributed by atoms with Gasteiger partial charge >= 0.3 is 0 Å². The first kappa shape index (κ1) is 16.5. The first-order valence-corrected chi connectivity index (χ1v) is 8.18. The second-order valence-electron chi connectivity index (χ2n) is 4.41. The molecule has 0 saturated heterocycles. The van der Waals surface area contributed by atoms with Crippen molar-refractivity contribution >= 4 is 44.6 Å². The molecule has 0 radical (unpaired) electrons. The second kappa shape index (κ2) is 6.12. The van der Waals surface area contributed by atoms with Crippen LogP contribution in [0.2, 0.25) is 10.0 Å². The molecule has 0 spiro atoms. The molecule has 6 nitrogen and oxygen atoms in total. The maximum atomic E-state index is 12.3. The van der Waals surface area contributed by atoms with Gasteiger partial charge in [0.25, 0.3) is 15.7 Å². The van der Waals surface area contributed by atoms with E-state index in [0.29, 0.717) is 5.56 Å². The van der Waals surface area contributed by atoms with Crippen molar-refractivity contribution in [2.45, 2.75) is 11.8 Å². The lowest BCUT2D eigenvalue weighted by atomic mass is 10.2. The average Bonchev–Trinajstić information content (AvgIpc) is 2.43. The minimum absolute atomic E-state index is 0.0223. The van der Waals surface area contributed by atoms with E-state index in [4.69, 9.17) is 23.2 Å². The Morgan fingerprint density at radius 1 is 1.14 bits per heavy atom. The standard InChI is InChI=1S/C13H10Cl2N2O4S/c1-8-5-6-9(7-12(8)17(18)19)22(20,21)16-13-10(14)3-2-4-11(13)15/h2-7,16H,1H3. The number of sulfonamides is 1. The number of hydrogen-bond donors (Lipinski definition) is 1. The van der Waals surface area contributed by atoms with E-state index < -0.39 is 14.9 Å². The molecule has 116 valence electrons. The molecule has 0 atom stereocenters. The van der Waals surface area contributed by atoms with Crippen LogP contribution >= 0.6 is 23.2 Å². The Hall–Kier alpha value is -1.83. The predicted octanol–water partition coefficient (Wildman–Crippen LogP) is 4.01. The van der Waals surface area contributed by atoms with Gasteiger partial charge in [0.15, 0.2) is 0 Å². The lowest BCUT2D eigenvalue weighted by Crippen LogP contribution is -2.14. The van der Waals surface area contributed by atoms with Crippen LogP contribution in [0.5, 0.6) is 0 Å². The fourth-order valence-electron chi connectivity index (χ4n) is 1.74. The van der Waals surface area contributed by atoms with Crippen molar-refractivity contribution in [3.63, 3.8) is 0 Å². The number of nitro groups is 1. The van der Waals surface area contributed by atoms with Crippen LogP contribution < -0.4 is 4.72 Å². The number of nitro benzene ring substituents is 1. The summed E-state index contributed by atoms with van der Waals surface area (Å²) >= 11 is 11.8. The first-order chi connectivity index (χ1) is 10.2. The quantitative estimate of drug-likeness (QED) is 0.658. The summed E-state index contributed by atoms with van der Waals surface area (Å²) in [7, 11) is -4.05. The molecule has 0 aliphatic rings. The predicted molar refractivity (Wildman–Crippen MR) is 85.1 cm³/mol. The van der Waals surface area contributed by atoms with Gasteiger partial charge in [-0.1, -0.05) is 35.3 Å². The molecule has 1 N–H and O–H groups in total. The Bertz CT molecular complexity index is 833. The van der Waals surface area contributed by atoms with Crippen molar-refractivity contribution in [1.82, 2.24) is 0 Å². The van der Waals surface area contributed by atoms with Crippen LogP contribution in [-0.2, 0) is 10.0 Å². The van der Waals surface area contributed by atoms with Gasteiger partial charge in [-0.15, -0.1) is 0 Å². The van der Waals surface area contributed by atoms with E-state index in [1.807, 2.05) is 0 Å². The minimum atomic E-state index is -4.05. The highest BCUT2D eigenvalue weighted by atomic mass is 35.5. The second-order valence-corrected chi connectivity index (χ2v) is 6.90. The van der Waals surface area contributed by atoms with Crippen molar-refractivity contribution in [1.29, 1.82) is 0 Å². The number of nitrogens with one attached hydrogen (secondary N) is 1. The molecule has 0 aliphatic heterocycles. The van der Waals surface area contributed by atoms with E-state index in [9.17, 15) is 18.5 Å². The first-order valence-electron chi connectivity index (χ1n) is 5.94. The molecule has 0 unspecified atom stereocenters. The number of hydrogen-bond acceptors (Lipinski definition) is 4. The highest BCUT2D eigenvalue weighted by Crippen LogP contribution is 2.32. The number of aryl methyl sites for hydroxylation is 1. The van der Waals surface area contributed by atoms with Gasteiger partial charge in [-0.3, -0.25) is 14.8 Å². The van der Waals surface area contributed by atoms with Crippen LogP contribution in [0.4, 0.5) is 11.4 Å². The normalized spacial score (nSPS) is 11.2. The van der Waals surface area contributed by atoms with Crippen molar-refractivity contribution in [2.75, 3.05) is 4.72 Å². The van der Waals surface area contributed by atoms with Gasteiger partial charge in [0.1, 0.15) is 0 Å². The number of nitrogens with zero attached hydrogens (tertiary/aromatic N) is 1. The number of anilines is 1. The SMILES string of the molecule is Cc1ccc(S(=O)(=O)Nc2c(Cl)cccc2Cl)cc1[N+](=O)[O-]. The number of halogens is 2. The zero-order valence-corrected chi connectivity index (χ0v) is 13.5. The smallest absolute Gasteiger partial charge is 0.273 e. The monoisotopic (exact) mass is 360 g/mol. The molecule has 0 fully saturated rings. The molecule has 2 rings (SSSR count). The summed E-state index contributed by atoms with van der Waals surface area (Å²) in [4.78, 5) is 10.0. The summed E-state index contributed by atoms with van der Waals surface area (Å²) in [6.07, 6.45) is 0. The molecule has 9 heteroatoms. The van der Waals surface area contributed by atoms with Gasteiger partial charge in [-0.25, -0.2) is 8.42 Å². The van der Waals surface area contributed by atoms with Crippen molar-refractivity contribution in [2.24, 2.45) is 0 Å². The van der Waals surface area contributed by atoms with Crippen LogP contribution in [0.3, 0.4) is 0 Å². The Labute approximate surface area is 136 Å².